The van der Waals surface area contributed by atoms with E-state index in [1.807, 2.05) is 44.2 Å². The second-order valence-corrected chi connectivity index (χ2v) is 6.41. The van der Waals surface area contributed by atoms with Gasteiger partial charge in [-0.25, -0.2) is 0 Å². The molecule has 0 fully saturated rings. The second-order valence-electron chi connectivity index (χ2n) is 6.41. The van der Waals surface area contributed by atoms with Crippen molar-refractivity contribution in [2.45, 2.75) is 19.9 Å². The molecular weight excluding hydrogens is 304 g/mol. The Bertz CT molecular complexity index is 709. The van der Waals surface area contributed by atoms with Crippen LogP contribution in [0.4, 0.5) is 0 Å². The van der Waals surface area contributed by atoms with Crippen LogP contribution in [0, 0.1) is 5.41 Å². The summed E-state index contributed by atoms with van der Waals surface area (Å²) in [4.78, 5) is 23.7. The Morgan fingerprint density at radius 1 is 1.04 bits per heavy atom. The summed E-state index contributed by atoms with van der Waals surface area (Å²) in [5, 5.41) is 12.7. The van der Waals surface area contributed by atoms with Crippen molar-refractivity contribution in [3.63, 3.8) is 0 Å². The van der Waals surface area contributed by atoms with Gasteiger partial charge in [0.05, 0.1) is 12.6 Å². The lowest BCUT2D eigenvalue weighted by molar-refractivity contribution is 0.0808. The Morgan fingerprint density at radius 2 is 1.58 bits per heavy atom. The van der Waals surface area contributed by atoms with E-state index in [2.05, 4.69) is 5.32 Å². The summed E-state index contributed by atoms with van der Waals surface area (Å²) in [7, 11) is 0. The number of nitrogens with one attached hydrogen (secondary N) is 1. The van der Waals surface area contributed by atoms with Gasteiger partial charge in [0.25, 0.3) is 5.91 Å². The van der Waals surface area contributed by atoms with Crippen molar-refractivity contribution >= 4 is 11.8 Å². The number of aliphatic hydroxyl groups excluding tert-OH is 1. The smallest absolute Gasteiger partial charge is 0.251 e. The van der Waals surface area contributed by atoms with Gasteiger partial charge in [-0.2, -0.15) is 0 Å². The van der Waals surface area contributed by atoms with E-state index in [1.54, 1.807) is 12.1 Å². The molecule has 5 nitrogen and oxygen atoms in total. The first-order valence-electron chi connectivity index (χ1n) is 7.71. The molecule has 0 radical (unpaired) electrons. The number of nitrogens with two attached hydrogens (primary N) is 1. The quantitative estimate of drug-likeness (QED) is 0.760. The maximum Gasteiger partial charge on any atom is 0.251 e. The predicted molar refractivity (Wildman–Crippen MR) is 92.5 cm³/mol. The highest BCUT2D eigenvalue weighted by atomic mass is 16.3. The van der Waals surface area contributed by atoms with Crippen LogP contribution in [-0.2, 0) is 0 Å². The minimum Gasteiger partial charge on any atom is -0.396 e. The molecule has 0 aliphatic heterocycles. The first-order chi connectivity index (χ1) is 11.3. The zero-order chi connectivity index (χ0) is 17.7. The van der Waals surface area contributed by atoms with E-state index in [0.717, 1.165) is 5.56 Å². The third kappa shape index (κ3) is 4.00. The zero-order valence-corrected chi connectivity index (χ0v) is 13.8. The Hall–Kier alpha value is -2.66. The van der Waals surface area contributed by atoms with Gasteiger partial charge in [0.1, 0.15) is 0 Å². The van der Waals surface area contributed by atoms with Gasteiger partial charge in [0.2, 0.25) is 5.91 Å². The summed E-state index contributed by atoms with van der Waals surface area (Å²) in [6.45, 7) is 3.70. The highest BCUT2D eigenvalue weighted by molar-refractivity contribution is 5.97. The van der Waals surface area contributed by atoms with Crippen LogP contribution in [-0.4, -0.2) is 23.5 Å². The Morgan fingerprint density at radius 3 is 2.08 bits per heavy atom. The average Bonchev–Trinajstić information content (AvgIpc) is 2.60. The molecule has 126 valence electrons. The van der Waals surface area contributed by atoms with Crippen LogP contribution in [0.15, 0.2) is 54.6 Å². The Labute approximate surface area is 141 Å². The van der Waals surface area contributed by atoms with Gasteiger partial charge in [-0.3, -0.25) is 9.59 Å². The molecule has 1 atom stereocenters. The number of primary amides is 1. The molecule has 0 aliphatic carbocycles. The Balaban J connectivity index is 2.26. The van der Waals surface area contributed by atoms with E-state index in [0.29, 0.717) is 11.1 Å². The number of hydrogen-bond donors (Lipinski definition) is 3. The highest BCUT2D eigenvalue weighted by Gasteiger charge is 2.31. The highest BCUT2D eigenvalue weighted by Crippen LogP contribution is 2.33. The van der Waals surface area contributed by atoms with Gasteiger partial charge in [0, 0.05) is 16.5 Å². The van der Waals surface area contributed by atoms with Crippen LogP contribution in [0.2, 0.25) is 0 Å². The van der Waals surface area contributed by atoms with Gasteiger partial charge < -0.3 is 16.2 Å². The molecule has 5 heteroatoms. The number of aliphatic hydroxyl groups is 1. The third-order valence-corrected chi connectivity index (χ3v) is 4.03. The van der Waals surface area contributed by atoms with Crippen molar-refractivity contribution in [2.75, 3.05) is 6.61 Å². The molecule has 2 amide bonds. The van der Waals surface area contributed by atoms with E-state index in [1.165, 1.54) is 12.1 Å². The number of carbonyl (C=O) groups excluding carboxylic acids is 2. The summed E-state index contributed by atoms with van der Waals surface area (Å²) in [6, 6.07) is 15.3. The minimum absolute atomic E-state index is 0.0759. The van der Waals surface area contributed by atoms with E-state index < -0.39 is 11.3 Å². The van der Waals surface area contributed by atoms with Crippen molar-refractivity contribution in [3.8, 4) is 0 Å². The maximum atomic E-state index is 12.6. The first-order valence-corrected chi connectivity index (χ1v) is 7.71. The van der Waals surface area contributed by atoms with Gasteiger partial charge in [0.15, 0.2) is 0 Å². The topological polar surface area (TPSA) is 92.4 Å². The molecule has 0 aliphatic rings. The second kappa shape index (κ2) is 7.27. The fourth-order valence-electron chi connectivity index (χ4n) is 2.47. The molecule has 0 heterocycles. The lowest BCUT2D eigenvalue weighted by Gasteiger charge is -2.33. The standard InChI is InChI=1S/C19H22N2O3/c1-19(2,12-22)16(13-6-4-3-5-7-13)21-18(24)15-10-8-14(9-11-15)17(20)23/h3-11,16,22H,12H2,1-2H3,(H2,20,23)(H,21,24)/t16-/m0/s1. The van der Waals surface area contributed by atoms with Crippen LogP contribution in [0.3, 0.4) is 0 Å². The molecule has 0 spiro atoms. The summed E-state index contributed by atoms with van der Waals surface area (Å²) >= 11 is 0. The SMILES string of the molecule is CC(C)(CO)[C@@H](NC(=O)c1ccc(C(N)=O)cc1)c1ccccc1. The molecule has 4 N–H and O–H groups in total. The molecule has 24 heavy (non-hydrogen) atoms. The van der Waals surface area contributed by atoms with Crippen molar-refractivity contribution in [1.29, 1.82) is 0 Å². The Kier molecular flexibility index (Phi) is 5.36. The molecule has 2 aromatic rings. The number of carbonyl (C=O) groups is 2. The maximum absolute atomic E-state index is 12.6. The number of benzene rings is 2. The van der Waals surface area contributed by atoms with Gasteiger partial charge in [-0.1, -0.05) is 44.2 Å². The molecule has 0 saturated heterocycles. The zero-order valence-electron chi connectivity index (χ0n) is 13.8. The van der Waals surface area contributed by atoms with Crippen LogP contribution >= 0.6 is 0 Å². The molecule has 0 aromatic heterocycles. The monoisotopic (exact) mass is 326 g/mol. The average molecular weight is 326 g/mol. The lowest BCUT2D eigenvalue weighted by atomic mass is 9.81. The summed E-state index contributed by atoms with van der Waals surface area (Å²) in [5.41, 5.74) is 6.36. The molecule has 0 unspecified atom stereocenters. The molecule has 2 rings (SSSR count). The predicted octanol–water partition coefficient (Wildman–Crippen LogP) is 2.28. The van der Waals surface area contributed by atoms with Gasteiger partial charge in [-0.15, -0.1) is 0 Å². The van der Waals surface area contributed by atoms with Crippen LogP contribution in [0.5, 0.6) is 0 Å². The van der Waals surface area contributed by atoms with Crippen LogP contribution in [0.1, 0.15) is 46.2 Å². The molecule has 0 saturated carbocycles. The molecule has 0 bridgehead atoms. The summed E-state index contributed by atoms with van der Waals surface area (Å²) in [6.07, 6.45) is 0. The number of amides is 2. The third-order valence-electron chi connectivity index (χ3n) is 4.03. The van der Waals surface area contributed by atoms with Gasteiger partial charge in [-0.05, 0) is 29.8 Å². The van der Waals surface area contributed by atoms with Crippen molar-refractivity contribution in [1.82, 2.24) is 5.32 Å². The first kappa shape index (κ1) is 17.7. The van der Waals surface area contributed by atoms with E-state index in [4.69, 9.17) is 5.73 Å². The van der Waals surface area contributed by atoms with Gasteiger partial charge >= 0.3 is 0 Å². The van der Waals surface area contributed by atoms with E-state index in [-0.39, 0.29) is 18.6 Å². The van der Waals surface area contributed by atoms with E-state index >= 15 is 0 Å². The van der Waals surface area contributed by atoms with Crippen LogP contribution in [0.25, 0.3) is 0 Å². The molecule has 2 aromatic carbocycles. The number of rotatable bonds is 6. The lowest BCUT2D eigenvalue weighted by Crippen LogP contribution is -2.40. The fraction of sp³-hybridized carbons (Fsp3) is 0.263. The summed E-state index contributed by atoms with van der Waals surface area (Å²) < 4.78 is 0. The van der Waals surface area contributed by atoms with E-state index in [9.17, 15) is 14.7 Å². The number of hydrogen-bond acceptors (Lipinski definition) is 3. The summed E-state index contributed by atoms with van der Waals surface area (Å²) in [5.74, 6) is -0.813. The largest absolute Gasteiger partial charge is 0.396 e. The van der Waals surface area contributed by atoms with Crippen molar-refractivity contribution < 1.29 is 14.7 Å². The fourth-order valence-corrected chi connectivity index (χ4v) is 2.47. The van der Waals surface area contributed by atoms with Crippen LogP contribution < -0.4 is 11.1 Å². The van der Waals surface area contributed by atoms with Crippen molar-refractivity contribution in [2.24, 2.45) is 11.1 Å². The normalized spacial score (nSPS) is 12.5. The molecular formula is C19H22N2O3. The minimum atomic E-state index is -0.538. The van der Waals surface area contributed by atoms with Crippen molar-refractivity contribution in [3.05, 3.63) is 71.3 Å².